The van der Waals surface area contributed by atoms with Crippen molar-refractivity contribution in [3.63, 3.8) is 0 Å². The van der Waals surface area contributed by atoms with Gasteiger partial charge in [0, 0.05) is 37.0 Å². The van der Waals surface area contributed by atoms with Gasteiger partial charge in [0.15, 0.2) is 5.82 Å². The highest BCUT2D eigenvalue weighted by molar-refractivity contribution is 5.54. The minimum atomic E-state index is 0.235. The fraction of sp³-hybridized carbons (Fsp3) is 0.444. The van der Waals surface area contributed by atoms with E-state index in [4.69, 9.17) is 14.5 Å². The van der Waals surface area contributed by atoms with Gasteiger partial charge >= 0.3 is 0 Å². The van der Waals surface area contributed by atoms with Gasteiger partial charge in [0.2, 0.25) is 0 Å². The zero-order chi connectivity index (χ0) is 15.5. The van der Waals surface area contributed by atoms with Gasteiger partial charge < -0.3 is 9.47 Å². The van der Waals surface area contributed by atoms with E-state index in [1.165, 1.54) is 5.56 Å². The summed E-state index contributed by atoms with van der Waals surface area (Å²) in [5, 5.41) is 0. The molecular weight excluding hydrogens is 290 g/mol. The van der Waals surface area contributed by atoms with Crippen molar-refractivity contribution in [3.8, 4) is 11.4 Å². The Balaban J connectivity index is 1.39. The Bertz CT molecular complexity index is 657. The van der Waals surface area contributed by atoms with E-state index in [9.17, 15) is 0 Å². The molecule has 0 aliphatic carbocycles. The van der Waals surface area contributed by atoms with Crippen LogP contribution < -0.4 is 0 Å². The number of nitrogens with zero attached hydrogens (tertiary/aromatic N) is 3. The SMILES string of the molecule is c1ccc(-c2ncc3c(n2)CN(CCC2COCCO2)C3)cc1. The van der Waals surface area contributed by atoms with Crippen LogP contribution in [0.3, 0.4) is 0 Å². The van der Waals surface area contributed by atoms with Crippen molar-refractivity contribution in [2.45, 2.75) is 25.6 Å². The lowest BCUT2D eigenvalue weighted by molar-refractivity contribution is -0.0928. The highest BCUT2D eigenvalue weighted by Crippen LogP contribution is 2.24. The highest BCUT2D eigenvalue weighted by Gasteiger charge is 2.23. The van der Waals surface area contributed by atoms with Crippen LogP contribution in [0.15, 0.2) is 36.5 Å². The van der Waals surface area contributed by atoms with E-state index in [1.54, 1.807) is 0 Å². The third kappa shape index (κ3) is 3.42. The Morgan fingerprint density at radius 1 is 1.13 bits per heavy atom. The van der Waals surface area contributed by atoms with Crippen LogP contribution in [-0.4, -0.2) is 47.3 Å². The molecule has 2 aliphatic heterocycles. The molecule has 3 heterocycles. The van der Waals surface area contributed by atoms with Crippen LogP contribution in [0.5, 0.6) is 0 Å². The zero-order valence-corrected chi connectivity index (χ0v) is 13.1. The van der Waals surface area contributed by atoms with E-state index in [0.717, 1.165) is 63.0 Å². The summed E-state index contributed by atoms with van der Waals surface area (Å²) in [4.78, 5) is 11.7. The standard InChI is InChI=1S/C18H21N3O2/c1-2-4-14(5-3-1)18-19-10-15-11-21(12-17(15)20-18)7-6-16-13-22-8-9-23-16/h1-5,10,16H,6-9,11-13H2. The molecule has 5 nitrogen and oxygen atoms in total. The van der Waals surface area contributed by atoms with Crippen molar-refractivity contribution in [1.82, 2.24) is 14.9 Å². The molecule has 1 atom stereocenters. The van der Waals surface area contributed by atoms with Crippen molar-refractivity contribution in [3.05, 3.63) is 47.8 Å². The van der Waals surface area contributed by atoms with E-state index in [2.05, 4.69) is 22.0 Å². The summed E-state index contributed by atoms with van der Waals surface area (Å²) < 4.78 is 11.2. The highest BCUT2D eigenvalue weighted by atomic mass is 16.6. The molecule has 2 aromatic rings. The third-order valence-electron chi connectivity index (χ3n) is 4.41. The van der Waals surface area contributed by atoms with E-state index in [0.29, 0.717) is 0 Å². The predicted molar refractivity (Wildman–Crippen MR) is 86.8 cm³/mol. The van der Waals surface area contributed by atoms with Crippen molar-refractivity contribution < 1.29 is 9.47 Å². The fourth-order valence-corrected chi connectivity index (χ4v) is 3.13. The molecule has 2 aliphatic rings. The molecule has 0 amide bonds. The summed E-state index contributed by atoms with van der Waals surface area (Å²) in [7, 11) is 0. The smallest absolute Gasteiger partial charge is 0.159 e. The van der Waals surface area contributed by atoms with E-state index in [-0.39, 0.29) is 6.10 Å². The Kier molecular flexibility index (Phi) is 4.33. The molecule has 0 radical (unpaired) electrons. The average Bonchev–Trinajstić information content (AvgIpc) is 3.04. The quantitative estimate of drug-likeness (QED) is 0.867. The van der Waals surface area contributed by atoms with Gasteiger partial charge in [-0.15, -0.1) is 0 Å². The second-order valence-electron chi connectivity index (χ2n) is 6.10. The van der Waals surface area contributed by atoms with E-state index >= 15 is 0 Å². The summed E-state index contributed by atoms with van der Waals surface area (Å²) in [6.07, 6.45) is 3.22. The van der Waals surface area contributed by atoms with E-state index < -0.39 is 0 Å². The molecule has 1 aromatic carbocycles. The lowest BCUT2D eigenvalue weighted by Gasteiger charge is -2.24. The van der Waals surface area contributed by atoms with Gasteiger partial charge in [-0.2, -0.15) is 0 Å². The van der Waals surface area contributed by atoms with Crippen LogP contribution in [0.2, 0.25) is 0 Å². The number of hydrogen-bond acceptors (Lipinski definition) is 5. The molecule has 0 saturated carbocycles. The third-order valence-corrected chi connectivity index (χ3v) is 4.41. The molecule has 1 aromatic heterocycles. The first kappa shape index (κ1) is 14.8. The summed E-state index contributed by atoms with van der Waals surface area (Å²) in [5.41, 5.74) is 3.46. The predicted octanol–water partition coefficient (Wildman–Crippen LogP) is 2.26. The molecule has 5 heteroatoms. The first-order chi connectivity index (χ1) is 11.4. The molecule has 120 valence electrons. The second-order valence-corrected chi connectivity index (χ2v) is 6.10. The van der Waals surface area contributed by atoms with Gasteiger partial charge in [-0.05, 0) is 6.42 Å². The normalized spacial score (nSPS) is 21.3. The molecule has 23 heavy (non-hydrogen) atoms. The number of ether oxygens (including phenoxy) is 2. The topological polar surface area (TPSA) is 47.5 Å². The van der Waals surface area contributed by atoms with Crippen molar-refractivity contribution in [1.29, 1.82) is 0 Å². The van der Waals surface area contributed by atoms with Crippen molar-refractivity contribution >= 4 is 0 Å². The van der Waals surface area contributed by atoms with Crippen LogP contribution in [-0.2, 0) is 22.6 Å². The zero-order valence-electron chi connectivity index (χ0n) is 13.1. The molecule has 1 unspecified atom stereocenters. The first-order valence-corrected chi connectivity index (χ1v) is 8.20. The molecule has 0 spiro atoms. The molecular formula is C18H21N3O2. The van der Waals surface area contributed by atoms with Gasteiger partial charge in [0.1, 0.15) is 0 Å². The van der Waals surface area contributed by atoms with Crippen LogP contribution in [0, 0.1) is 0 Å². The second kappa shape index (κ2) is 6.74. The minimum absolute atomic E-state index is 0.235. The van der Waals surface area contributed by atoms with Crippen LogP contribution in [0.25, 0.3) is 11.4 Å². The Morgan fingerprint density at radius 3 is 2.87 bits per heavy atom. The van der Waals surface area contributed by atoms with Crippen LogP contribution >= 0.6 is 0 Å². The maximum absolute atomic E-state index is 5.71. The molecule has 0 bridgehead atoms. The maximum Gasteiger partial charge on any atom is 0.159 e. The number of fused-ring (bicyclic) bond motifs is 1. The van der Waals surface area contributed by atoms with E-state index in [1.807, 2.05) is 24.4 Å². The maximum atomic E-state index is 5.71. The first-order valence-electron chi connectivity index (χ1n) is 8.20. The van der Waals surface area contributed by atoms with Crippen molar-refractivity contribution in [2.75, 3.05) is 26.4 Å². The summed E-state index contributed by atoms with van der Waals surface area (Å²) in [5.74, 6) is 0.815. The number of aromatic nitrogens is 2. The lowest BCUT2D eigenvalue weighted by atomic mass is 10.2. The molecule has 4 rings (SSSR count). The van der Waals surface area contributed by atoms with Crippen LogP contribution in [0.1, 0.15) is 17.7 Å². The summed E-state index contributed by atoms with van der Waals surface area (Å²) in [6.45, 7) is 4.99. The lowest BCUT2D eigenvalue weighted by Crippen LogP contribution is -2.32. The number of hydrogen-bond donors (Lipinski definition) is 0. The van der Waals surface area contributed by atoms with Gasteiger partial charge in [0.05, 0.1) is 31.6 Å². The minimum Gasteiger partial charge on any atom is -0.376 e. The fourth-order valence-electron chi connectivity index (χ4n) is 3.13. The average molecular weight is 311 g/mol. The van der Waals surface area contributed by atoms with Gasteiger partial charge in [0.25, 0.3) is 0 Å². The Hall–Kier alpha value is -1.82. The molecule has 1 saturated heterocycles. The summed E-state index contributed by atoms with van der Waals surface area (Å²) in [6, 6.07) is 10.1. The Morgan fingerprint density at radius 2 is 2.04 bits per heavy atom. The number of rotatable bonds is 4. The van der Waals surface area contributed by atoms with Crippen molar-refractivity contribution in [2.24, 2.45) is 0 Å². The van der Waals surface area contributed by atoms with Gasteiger partial charge in [-0.3, -0.25) is 4.90 Å². The molecule has 1 fully saturated rings. The molecule has 0 N–H and O–H groups in total. The number of benzene rings is 1. The van der Waals surface area contributed by atoms with Gasteiger partial charge in [-0.25, -0.2) is 9.97 Å². The van der Waals surface area contributed by atoms with Crippen LogP contribution in [0.4, 0.5) is 0 Å². The monoisotopic (exact) mass is 311 g/mol. The Labute approximate surface area is 136 Å². The largest absolute Gasteiger partial charge is 0.376 e. The summed E-state index contributed by atoms with van der Waals surface area (Å²) >= 11 is 0. The van der Waals surface area contributed by atoms with Gasteiger partial charge in [-0.1, -0.05) is 30.3 Å².